The number of aromatic amines is 1. The number of rotatable bonds is 6. The van der Waals surface area contributed by atoms with E-state index in [1.54, 1.807) is 7.11 Å². The first kappa shape index (κ1) is 16.6. The summed E-state index contributed by atoms with van der Waals surface area (Å²) in [6.07, 6.45) is 1.71. The lowest BCUT2D eigenvalue weighted by Gasteiger charge is -2.11. The maximum absolute atomic E-state index is 5.85. The molecule has 1 aliphatic rings. The van der Waals surface area contributed by atoms with Gasteiger partial charge >= 0.3 is 0 Å². The van der Waals surface area contributed by atoms with Gasteiger partial charge in [0.05, 0.1) is 30.4 Å². The van der Waals surface area contributed by atoms with Gasteiger partial charge in [0.15, 0.2) is 0 Å². The molecule has 3 heterocycles. The molecule has 136 valence electrons. The van der Waals surface area contributed by atoms with E-state index in [2.05, 4.69) is 25.3 Å². The van der Waals surface area contributed by atoms with Crippen LogP contribution in [0.3, 0.4) is 0 Å². The van der Waals surface area contributed by atoms with Crippen molar-refractivity contribution in [3.8, 4) is 5.75 Å². The lowest BCUT2D eigenvalue weighted by molar-refractivity contribution is 0.193. The number of anilines is 2. The number of ether oxygens (including phenoxy) is 2. The first-order valence-corrected chi connectivity index (χ1v) is 8.70. The van der Waals surface area contributed by atoms with Crippen LogP contribution in [0.1, 0.15) is 23.9 Å². The molecule has 1 aliphatic heterocycles. The van der Waals surface area contributed by atoms with Crippen LogP contribution in [0.5, 0.6) is 5.75 Å². The maximum Gasteiger partial charge on any atom is 0.222 e. The fourth-order valence-electron chi connectivity index (χ4n) is 3.15. The highest BCUT2D eigenvalue weighted by Gasteiger charge is 2.20. The fourth-order valence-corrected chi connectivity index (χ4v) is 3.15. The van der Waals surface area contributed by atoms with Crippen LogP contribution < -0.4 is 15.8 Å². The molecule has 0 spiro atoms. The van der Waals surface area contributed by atoms with Crippen molar-refractivity contribution in [3.05, 3.63) is 35.8 Å². The van der Waals surface area contributed by atoms with E-state index in [9.17, 15) is 0 Å². The van der Waals surface area contributed by atoms with Gasteiger partial charge in [0.25, 0.3) is 0 Å². The van der Waals surface area contributed by atoms with Gasteiger partial charge in [-0.05, 0) is 18.6 Å². The zero-order valence-corrected chi connectivity index (χ0v) is 14.7. The molecule has 0 unspecified atom stereocenters. The van der Waals surface area contributed by atoms with Gasteiger partial charge in [-0.25, -0.2) is 9.97 Å². The number of hydrogen-bond acceptors (Lipinski definition) is 7. The van der Waals surface area contributed by atoms with Crippen LogP contribution in [0.15, 0.2) is 24.3 Å². The average molecular weight is 354 g/mol. The maximum atomic E-state index is 5.85. The number of fused-ring (bicyclic) bond motifs is 1. The minimum Gasteiger partial charge on any atom is -0.497 e. The van der Waals surface area contributed by atoms with E-state index in [-0.39, 0.29) is 5.95 Å². The molecule has 0 bridgehead atoms. The molecule has 8 heteroatoms. The first-order valence-electron chi connectivity index (χ1n) is 8.70. The third-order valence-electron chi connectivity index (χ3n) is 4.52. The molecule has 1 aromatic carbocycles. The topological polar surface area (TPSA) is 111 Å². The second kappa shape index (κ2) is 7.17. The Morgan fingerprint density at radius 2 is 2.23 bits per heavy atom. The van der Waals surface area contributed by atoms with E-state index in [0.717, 1.165) is 53.6 Å². The second-order valence-corrected chi connectivity index (χ2v) is 6.34. The number of methoxy groups -OCH3 is 1. The van der Waals surface area contributed by atoms with Gasteiger partial charge in [-0.2, -0.15) is 4.98 Å². The van der Waals surface area contributed by atoms with E-state index in [4.69, 9.17) is 15.2 Å². The number of aromatic nitrogens is 4. The third kappa shape index (κ3) is 3.55. The largest absolute Gasteiger partial charge is 0.497 e. The summed E-state index contributed by atoms with van der Waals surface area (Å²) in [6, 6.07) is 7.76. The highest BCUT2D eigenvalue weighted by molar-refractivity contribution is 5.76. The third-order valence-corrected chi connectivity index (χ3v) is 4.52. The van der Waals surface area contributed by atoms with E-state index < -0.39 is 0 Å². The molecule has 4 N–H and O–H groups in total. The number of nitrogen functional groups attached to an aromatic ring is 1. The quantitative estimate of drug-likeness (QED) is 0.621. The van der Waals surface area contributed by atoms with Gasteiger partial charge in [0, 0.05) is 37.6 Å². The molecule has 0 aliphatic carbocycles. The van der Waals surface area contributed by atoms with Crippen molar-refractivity contribution in [2.45, 2.75) is 18.8 Å². The second-order valence-electron chi connectivity index (χ2n) is 6.34. The van der Waals surface area contributed by atoms with Crippen LogP contribution in [0.25, 0.3) is 11.0 Å². The number of imidazole rings is 1. The van der Waals surface area contributed by atoms with Crippen molar-refractivity contribution in [2.24, 2.45) is 0 Å². The molecule has 8 nitrogen and oxygen atoms in total. The molecule has 2 aromatic heterocycles. The zero-order chi connectivity index (χ0) is 17.9. The molecule has 0 amide bonds. The van der Waals surface area contributed by atoms with E-state index in [0.29, 0.717) is 19.1 Å². The summed E-state index contributed by atoms with van der Waals surface area (Å²) < 4.78 is 10.7. The Morgan fingerprint density at radius 3 is 3.04 bits per heavy atom. The number of H-pyrrole nitrogens is 1. The van der Waals surface area contributed by atoms with Crippen molar-refractivity contribution in [2.75, 3.05) is 37.9 Å². The first-order chi connectivity index (χ1) is 12.7. The van der Waals surface area contributed by atoms with E-state index in [1.165, 1.54) is 0 Å². The summed E-state index contributed by atoms with van der Waals surface area (Å²) >= 11 is 0. The predicted molar refractivity (Wildman–Crippen MR) is 99.5 cm³/mol. The van der Waals surface area contributed by atoms with Gasteiger partial charge < -0.3 is 25.5 Å². The normalized spacial score (nSPS) is 16.9. The van der Waals surface area contributed by atoms with Crippen molar-refractivity contribution in [1.82, 2.24) is 19.9 Å². The summed E-state index contributed by atoms with van der Waals surface area (Å²) in [5, 5.41) is 3.31. The number of nitrogens with zero attached hydrogens (tertiary/aromatic N) is 3. The molecule has 0 saturated carbocycles. The van der Waals surface area contributed by atoms with Crippen molar-refractivity contribution in [1.29, 1.82) is 0 Å². The average Bonchev–Trinajstić information content (AvgIpc) is 3.30. The molecule has 1 saturated heterocycles. The summed E-state index contributed by atoms with van der Waals surface area (Å²) in [4.78, 5) is 16.5. The molecule has 0 radical (unpaired) electrons. The smallest absolute Gasteiger partial charge is 0.222 e. The summed E-state index contributed by atoms with van der Waals surface area (Å²) in [6.45, 7) is 2.15. The Morgan fingerprint density at radius 1 is 1.31 bits per heavy atom. The van der Waals surface area contributed by atoms with Crippen LogP contribution in [0.4, 0.5) is 11.8 Å². The molecular weight excluding hydrogens is 332 g/mol. The summed E-state index contributed by atoms with van der Waals surface area (Å²) in [5.41, 5.74) is 8.69. The number of nitrogens with two attached hydrogens (primary N) is 1. The van der Waals surface area contributed by atoms with Crippen LogP contribution in [0, 0.1) is 0 Å². The Hall–Kier alpha value is -2.87. The van der Waals surface area contributed by atoms with Crippen LogP contribution in [-0.2, 0) is 11.2 Å². The van der Waals surface area contributed by atoms with E-state index in [1.807, 2.05) is 24.3 Å². The Kier molecular flexibility index (Phi) is 4.57. The Labute approximate surface area is 151 Å². The van der Waals surface area contributed by atoms with Crippen LogP contribution in [0.2, 0.25) is 0 Å². The van der Waals surface area contributed by atoms with Crippen molar-refractivity contribution < 1.29 is 9.47 Å². The fraction of sp³-hybridized carbons (Fsp3) is 0.389. The van der Waals surface area contributed by atoms with Gasteiger partial charge in [-0.1, -0.05) is 0 Å². The van der Waals surface area contributed by atoms with Crippen LogP contribution in [-0.4, -0.2) is 46.8 Å². The molecule has 3 aromatic rings. The molecule has 26 heavy (non-hydrogen) atoms. The molecule has 4 rings (SSSR count). The summed E-state index contributed by atoms with van der Waals surface area (Å²) in [5.74, 6) is 3.04. The van der Waals surface area contributed by atoms with Crippen molar-refractivity contribution >= 4 is 22.8 Å². The molecule has 1 fully saturated rings. The van der Waals surface area contributed by atoms with Gasteiger partial charge in [-0.3, -0.25) is 0 Å². The monoisotopic (exact) mass is 354 g/mol. The standard InChI is InChI=1S/C18H22N6O2/c1-25-12-2-3-13-15(8-12)22-16(21-13)4-6-20-17-9-14(23-18(19)24-17)11-5-7-26-10-11/h2-3,8-9,11H,4-7,10H2,1H3,(H,21,22)(H3,19,20,23,24)/t11-/m1/s1. The highest BCUT2D eigenvalue weighted by atomic mass is 16.5. The minimum absolute atomic E-state index is 0.285. The highest BCUT2D eigenvalue weighted by Crippen LogP contribution is 2.25. The Bertz CT molecular complexity index is 904. The number of hydrogen-bond donors (Lipinski definition) is 3. The van der Waals surface area contributed by atoms with Gasteiger partial charge in [0.2, 0.25) is 5.95 Å². The van der Waals surface area contributed by atoms with E-state index >= 15 is 0 Å². The van der Waals surface area contributed by atoms with Gasteiger partial charge in [0.1, 0.15) is 17.4 Å². The zero-order valence-electron chi connectivity index (χ0n) is 14.7. The number of benzene rings is 1. The molecular formula is C18H22N6O2. The molecule has 1 atom stereocenters. The Balaban J connectivity index is 1.41. The summed E-state index contributed by atoms with van der Waals surface area (Å²) in [7, 11) is 1.65. The number of nitrogens with one attached hydrogen (secondary N) is 2. The lowest BCUT2D eigenvalue weighted by Crippen LogP contribution is -2.11. The SMILES string of the molecule is COc1ccc2nc(CCNc3cc([C@@H]4CCOC4)nc(N)n3)[nH]c2c1. The van der Waals surface area contributed by atoms with Crippen molar-refractivity contribution in [3.63, 3.8) is 0 Å². The van der Waals surface area contributed by atoms with Crippen LogP contribution >= 0.6 is 0 Å². The predicted octanol–water partition coefficient (Wildman–Crippen LogP) is 2.10. The minimum atomic E-state index is 0.285. The lowest BCUT2D eigenvalue weighted by atomic mass is 10.0. The van der Waals surface area contributed by atoms with Gasteiger partial charge in [-0.15, -0.1) is 0 Å².